The van der Waals surface area contributed by atoms with Crippen molar-refractivity contribution in [3.63, 3.8) is 0 Å². The summed E-state index contributed by atoms with van der Waals surface area (Å²) in [7, 11) is 1.87. The van der Waals surface area contributed by atoms with Crippen molar-refractivity contribution in [2.45, 2.75) is 39.5 Å². The molecule has 0 spiro atoms. The SMILES string of the molecule is CCCCOCCNc1cc(NC)nc(CCC)n1. The quantitative estimate of drug-likeness (QED) is 0.638. The minimum absolute atomic E-state index is 0.710. The molecular formula is C14H26N4O. The van der Waals surface area contributed by atoms with Crippen LogP contribution in [0.5, 0.6) is 0 Å². The van der Waals surface area contributed by atoms with Crippen LogP contribution in [0, 0.1) is 0 Å². The molecule has 0 aromatic carbocycles. The third kappa shape index (κ3) is 6.38. The van der Waals surface area contributed by atoms with Gasteiger partial charge < -0.3 is 15.4 Å². The van der Waals surface area contributed by atoms with Crippen LogP contribution in [0.15, 0.2) is 6.07 Å². The van der Waals surface area contributed by atoms with Gasteiger partial charge in [-0.15, -0.1) is 0 Å². The number of hydrogen-bond acceptors (Lipinski definition) is 5. The summed E-state index contributed by atoms with van der Waals surface area (Å²) in [5.74, 6) is 2.60. The molecule has 1 heterocycles. The zero-order chi connectivity index (χ0) is 13.9. The number of anilines is 2. The van der Waals surface area contributed by atoms with Gasteiger partial charge in [-0.05, 0) is 12.8 Å². The van der Waals surface area contributed by atoms with Crippen LogP contribution in [0.3, 0.4) is 0 Å². The molecule has 0 bridgehead atoms. The fraction of sp³-hybridized carbons (Fsp3) is 0.714. The van der Waals surface area contributed by atoms with Crippen LogP contribution < -0.4 is 10.6 Å². The molecule has 19 heavy (non-hydrogen) atoms. The first-order chi connectivity index (χ1) is 9.30. The van der Waals surface area contributed by atoms with Crippen LogP contribution in [0.25, 0.3) is 0 Å². The van der Waals surface area contributed by atoms with E-state index in [1.54, 1.807) is 0 Å². The van der Waals surface area contributed by atoms with E-state index < -0.39 is 0 Å². The first kappa shape index (κ1) is 15.7. The molecule has 0 aliphatic rings. The molecule has 0 radical (unpaired) electrons. The number of rotatable bonds is 10. The van der Waals surface area contributed by atoms with E-state index in [0.29, 0.717) is 6.61 Å². The topological polar surface area (TPSA) is 59.1 Å². The Morgan fingerprint density at radius 1 is 1.11 bits per heavy atom. The predicted molar refractivity (Wildman–Crippen MR) is 79.8 cm³/mol. The number of nitrogens with zero attached hydrogens (tertiary/aromatic N) is 2. The van der Waals surface area contributed by atoms with Crippen molar-refractivity contribution in [2.24, 2.45) is 0 Å². The first-order valence-electron chi connectivity index (χ1n) is 7.17. The van der Waals surface area contributed by atoms with Gasteiger partial charge in [0.15, 0.2) is 0 Å². The third-order valence-electron chi connectivity index (χ3n) is 2.70. The number of hydrogen-bond donors (Lipinski definition) is 2. The van der Waals surface area contributed by atoms with Gasteiger partial charge in [0.25, 0.3) is 0 Å². The van der Waals surface area contributed by atoms with Gasteiger partial charge in [0.1, 0.15) is 17.5 Å². The second kappa shape index (κ2) is 9.55. The van der Waals surface area contributed by atoms with Gasteiger partial charge in [-0.2, -0.15) is 0 Å². The minimum atomic E-state index is 0.710. The lowest BCUT2D eigenvalue weighted by molar-refractivity contribution is 0.141. The van der Waals surface area contributed by atoms with E-state index in [2.05, 4.69) is 34.4 Å². The predicted octanol–water partition coefficient (Wildman–Crippen LogP) is 2.70. The van der Waals surface area contributed by atoms with Crippen LogP contribution >= 0.6 is 0 Å². The second-order valence-electron chi connectivity index (χ2n) is 4.45. The minimum Gasteiger partial charge on any atom is -0.380 e. The first-order valence-corrected chi connectivity index (χ1v) is 7.17. The Balaban J connectivity index is 2.41. The van der Waals surface area contributed by atoms with Gasteiger partial charge >= 0.3 is 0 Å². The van der Waals surface area contributed by atoms with Crippen LogP contribution in [-0.4, -0.2) is 36.8 Å². The zero-order valence-corrected chi connectivity index (χ0v) is 12.3. The molecule has 0 atom stereocenters. The summed E-state index contributed by atoms with van der Waals surface area (Å²) in [5, 5.41) is 6.34. The van der Waals surface area contributed by atoms with E-state index in [1.165, 1.54) is 6.42 Å². The molecule has 0 aliphatic carbocycles. The van der Waals surface area contributed by atoms with Gasteiger partial charge in [-0.3, -0.25) is 0 Å². The van der Waals surface area contributed by atoms with E-state index in [1.807, 2.05) is 13.1 Å². The smallest absolute Gasteiger partial charge is 0.133 e. The third-order valence-corrected chi connectivity index (χ3v) is 2.70. The van der Waals surface area contributed by atoms with Gasteiger partial charge in [0.2, 0.25) is 0 Å². The number of unbranched alkanes of at least 4 members (excludes halogenated alkanes) is 1. The molecule has 108 valence electrons. The maximum atomic E-state index is 5.51. The van der Waals surface area contributed by atoms with Crippen LogP contribution in [-0.2, 0) is 11.2 Å². The number of nitrogens with one attached hydrogen (secondary N) is 2. The number of aryl methyl sites for hydroxylation is 1. The van der Waals surface area contributed by atoms with E-state index >= 15 is 0 Å². The van der Waals surface area contributed by atoms with Gasteiger partial charge in [0.05, 0.1) is 6.61 Å². The summed E-state index contributed by atoms with van der Waals surface area (Å²) in [6, 6.07) is 1.92. The maximum Gasteiger partial charge on any atom is 0.133 e. The lowest BCUT2D eigenvalue weighted by atomic mass is 10.3. The van der Waals surface area contributed by atoms with Crippen molar-refractivity contribution >= 4 is 11.6 Å². The summed E-state index contributed by atoms with van der Waals surface area (Å²) >= 11 is 0. The van der Waals surface area contributed by atoms with Crippen LogP contribution in [0.1, 0.15) is 38.9 Å². The molecule has 1 aromatic rings. The normalized spacial score (nSPS) is 10.5. The summed E-state index contributed by atoms with van der Waals surface area (Å²) in [6.45, 7) is 6.61. The molecule has 5 nitrogen and oxygen atoms in total. The molecule has 0 aliphatic heterocycles. The largest absolute Gasteiger partial charge is 0.380 e. The molecule has 1 aromatic heterocycles. The highest BCUT2D eigenvalue weighted by atomic mass is 16.5. The van der Waals surface area contributed by atoms with Crippen molar-refractivity contribution in [3.05, 3.63) is 11.9 Å². The molecule has 2 N–H and O–H groups in total. The molecule has 0 unspecified atom stereocenters. The highest BCUT2D eigenvalue weighted by Crippen LogP contribution is 2.11. The van der Waals surface area contributed by atoms with E-state index in [0.717, 1.165) is 49.9 Å². The second-order valence-corrected chi connectivity index (χ2v) is 4.45. The molecule has 1 rings (SSSR count). The van der Waals surface area contributed by atoms with E-state index in [4.69, 9.17) is 4.74 Å². The Hall–Kier alpha value is -1.36. The standard InChI is InChI=1S/C14H26N4O/c1-4-6-9-19-10-8-16-14-11-13(15-3)17-12(18-14)7-5-2/h11H,4-10H2,1-3H3,(H2,15,16,17,18). The van der Waals surface area contributed by atoms with Gasteiger partial charge in [-0.25, -0.2) is 9.97 Å². The summed E-state index contributed by atoms with van der Waals surface area (Å²) in [5.41, 5.74) is 0. The van der Waals surface area contributed by atoms with Gasteiger partial charge in [0, 0.05) is 32.7 Å². The Morgan fingerprint density at radius 3 is 2.58 bits per heavy atom. The molecule has 0 saturated carbocycles. The Bertz CT molecular complexity index is 357. The zero-order valence-electron chi connectivity index (χ0n) is 12.3. The summed E-state index contributed by atoms with van der Waals surface area (Å²) in [6.07, 6.45) is 4.24. The number of aromatic nitrogens is 2. The fourth-order valence-corrected chi connectivity index (χ4v) is 1.65. The number of ether oxygens (including phenoxy) is 1. The average molecular weight is 266 g/mol. The average Bonchev–Trinajstić information content (AvgIpc) is 2.43. The van der Waals surface area contributed by atoms with Crippen LogP contribution in [0.4, 0.5) is 11.6 Å². The van der Waals surface area contributed by atoms with E-state index in [9.17, 15) is 0 Å². The van der Waals surface area contributed by atoms with Gasteiger partial charge in [-0.1, -0.05) is 20.3 Å². The lowest BCUT2D eigenvalue weighted by Gasteiger charge is -2.09. The fourth-order valence-electron chi connectivity index (χ4n) is 1.65. The van der Waals surface area contributed by atoms with Crippen LogP contribution in [0.2, 0.25) is 0 Å². The molecule has 5 heteroatoms. The summed E-state index contributed by atoms with van der Waals surface area (Å²) in [4.78, 5) is 8.90. The van der Waals surface area contributed by atoms with Crippen molar-refractivity contribution in [1.82, 2.24) is 9.97 Å². The summed E-state index contributed by atoms with van der Waals surface area (Å²) < 4.78 is 5.51. The highest BCUT2D eigenvalue weighted by Gasteiger charge is 2.02. The molecular weight excluding hydrogens is 240 g/mol. The highest BCUT2D eigenvalue weighted by molar-refractivity contribution is 5.47. The Morgan fingerprint density at radius 2 is 1.89 bits per heavy atom. The molecule has 0 fully saturated rings. The monoisotopic (exact) mass is 266 g/mol. The van der Waals surface area contributed by atoms with E-state index in [-0.39, 0.29) is 0 Å². The Kier molecular flexibility index (Phi) is 7.89. The maximum absolute atomic E-state index is 5.51. The molecule has 0 amide bonds. The van der Waals surface area contributed by atoms with Crippen molar-refractivity contribution < 1.29 is 4.74 Å². The van der Waals surface area contributed by atoms with Crippen molar-refractivity contribution in [1.29, 1.82) is 0 Å². The Labute approximate surface area is 116 Å². The van der Waals surface area contributed by atoms with Crippen molar-refractivity contribution in [2.75, 3.05) is 37.4 Å². The van der Waals surface area contributed by atoms with Crippen molar-refractivity contribution in [3.8, 4) is 0 Å². The molecule has 0 saturated heterocycles. The lowest BCUT2D eigenvalue weighted by Crippen LogP contribution is -2.12.